The van der Waals surface area contributed by atoms with Crippen molar-refractivity contribution in [3.05, 3.63) is 93.6 Å². The summed E-state index contributed by atoms with van der Waals surface area (Å²) >= 11 is 5.81. The van der Waals surface area contributed by atoms with Crippen LogP contribution in [0, 0.1) is 6.92 Å². The normalized spacial score (nSPS) is 13.1. The molecule has 2 aromatic carbocycles. The molecule has 3 N–H and O–H groups in total. The van der Waals surface area contributed by atoms with E-state index in [4.69, 9.17) is 16.1 Å². The van der Waals surface area contributed by atoms with Gasteiger partial charge in [0.15, 0.2) is 5.30 Å². The van der Waals surface area contributed by atoms with E-state index >= 15 is 0 Å². The van der Waals surface area contributed by atoms with Crippen molar-refractivity contribution in [3.8, 4) is 5.75 Å². The van der Waals surface area contributed by atoms with E-state index in [-0.39, 0.29) is 27.9 Å². The van der Waals surface area contributed by atoms with E-state index in [0.717, 1.165) is 24.3 Å². The Balaban J connectivity index is 1.57. The van der Waals surface area contributed by atoms with Crippen LogP contribution in [0.25, 0.3) is 0 Å². The van der Waals surface area contributed by atoms with Crippen LogP contribution in [-0.4, -0.2) is 39.0 Å². The first kappa shape index (κ1) is 25.3. The van der Waals surface area contributed by atoms with E-state index in [1.54, 1.807) is 0 Å². The van der Waals surface area contributed by atoms with E-state index < -0.39 is 34.4 Å². The molecule has 36 heavy (non-hydrogen) atoms. The average Bonchev–Trinajstić information content (AvgIpc) is 3.14. The van der Waals surface area contributed by atoms with Gasteiger partial charge in [0.1, 0.15) is 5.75 Å². The van der Waals surface area contributed by atoms with Crippen LogP contribution in [0.15, 0.2) is 76.7 Å². The van der Waals surface area contributed by atoms with Crippen molar-refractivity contribution in [3.63, 3.8) is 0 Å². The number of nitrogens with zero attached hydrogens (tertiary/aromatic N) is 3. The zero-order chi connectivity index (χ0) is 26.1. The standard InChI is InChI=1S/C21H17ClN5O7PS/c1-13-18(20(29)27(25-13)19(28)14-3-5-15(22)6-4-14)35(30,31)34-16-7-9-17(10-8-16)36(32,33)26-21-23-11-2-12-24-21/h2-12,25H,1H3,(H,30,31)(H,23,24,26). The number of carbonyl (C=O) groups is 1. The quantitative estimate of drug-likeness (QED) is 0.292. The number of aromatic amines is 1. The van der Waals surface area contributed by atoms with Crippen molar-refractivity contribution in [2.45, 2.75) is 11.8 Å². The van der Waals surface area contributed by atoms with Gasteiger partial charge in [-0.3, -0.25) is 14.7 Å². The predicted octanol–water partition coefficient (Wildman–Crippen LogP) is 2.31. The molecule has 0 spiro atoms. The number of benzene rings is 2. The lowest BCUT2D eigenvalue weighted by Crippen LogP contribution is -2.34. The summed E-state index contributed by atoms with van der Waals surface area (Å²) in [7, 11) is -8.83. The van der Waals surface area contributed by atoms with E-state index in [1.165, 1.54) is 49.6 Å². The van der Waals surface area contributed by atoms with Gasteiger partial charge in [-0.15, -0.1) is 0 Å². The topological polar surface area (TPSA) is 173 Å². The summed E-state index contributed by atoms with van der Waals surface area (Å²) < 4.78 is 45.9. The van der Waals surface area contributed by atoms with Crippen molar-refractivity contribution >= 4 is 46.4 Å². The molecule has 0 radical (unpaired) electrons. The molecular formula is C21H17ClN5O7PS. The minimum Gasteiger partial charge on any atom is -0.421 e. The minimum absolute atomic E-state index is 0.0561. The molecule has 186 valence electrons. The first-order valence-electron chi connectivity index (χ1n) is 10.0. The number of anilines is 1. The molecule has 4 rings (SSSR count). The molecular weight excluding hydrogens is 533 g/mol. The number of rotatable bonds is 7. The highest BCUT2D eigenvalue weighted by atomic mass is 35.5. The Hall–Kier alpha value is -3.77. The maximum Gasteiger partial charge on any atom is 0.415 e. The summed E-state index contributed by atoms with van der Waals surface area (Å²) in [4.78, 5) is 43.5. The van der Waals surface area contributed by atoms with Gasteiger partial charge in [-0.25, -0.2) is 27.7 Å². The maximum atomic E-state index is 13.0. The van der Waals surface area contributed by atoms with Crippen LogP contribution in [0.4, 0.5) is 5.95 Å². The molecule has 2 aromatic heterocycles. The maximum absolute atomic E-state index is 13.0. The smallest absolute Gasteiger partial charge is 0.415 e. The average molecular weight is 550 g/mol. The third-order valence-electron chi connectivity index (χ3n) is 4.77. The molecule has 0 aliphatic heterocycles. The van der Waals surface area contributed by atoms with Gasteiger partial charge < -0.3 is 9.42 Å². The van der Waals surface area contributed by atoms with Gasteiger partial charge in [0.25, 0.3) is 21.5 Å². The summed E-state index contributed by atoms with van der Waals surface area (Å²) in [6.45, 7) is 1.33. The van der Waals surface area contributed by atoms with Crippen molar-refractivity contribution in [2.24, 2.45) is 0 Å². The molecule has 0 amide bonds. The van der Waals surface area contributed by atoms with Crippen molar-refractivity contribution in [2.75, 3.05) is 4.72 Å². The minimum atomic E-state index is -4.79. The van der Waals surface area contributed by atoms with Crippen LogP contribution in [-0.2, 0) is 14.6 Å². The van der Waals surface area contributed by atoms with Gasteiger partial charge in [0.05, 0.1) is 10.6 Å². The van der Waals surface area contributed by atoms with Crippen LogP contribution >= 0.6 is 19.2 Å². The summed E-state index contributed by atoms with van der Waals surface area (Å²) in [5.41, 5.74) is -1.00. The van der Waals surface area contributed by atoms with Gasteiger partial charge in [-0.2, -0.15) is 4.68 Å². The Morgan fingerprint density at radius 1 is 1.11 bits per heavy atom. The Kier molecular flexibility index (Phi) is 6.83. The molecule has 0 bridgehead atoms. The highest BCUT2D eigenvalue weighted by Gasteiger charge is 2.34. The lowest BCUT2D eigenvalue weighted by molar-refractivity contribution is 0.0941. The van der Waals surface area contributed by atoms with Gasteiger partial charge in [-0.05, 0) is 61.5 Å². The van der Waals surface area contributed by atoms with Crippen molar-refractivity contribution < 1.29 is 27.2 Å². The fraction of sp³-hybridized carbons (Fsp3) is 0.0476. The van der Waals surface area contributed by atoms with E-state index in [9.17, 15) is 27.5 Å². The molecule has 0 fully saturated rings. The number of sulfonamides is 1. The summed E-state index contributed by atoms with van der Waals surface area (Å²) in [6, 6.07) is 11.8. The van der Waals surface area contributed by atoms with Crippen LogP contribution in [0.3, 0.4) is 0 Å². The number of halogens is 1. The first-order valence-corrected chi connectivity index (χ1v) is 13.5. The zero-order valence-electron chi connectivity index (χ0n) is 18.3. The Morgan fingerprint density at radius 3 is 2.33 bits per heavy atom. The molecule has 0 aliphatic rings. The van der Waals surface area contributed by atoms with Crippen LogP contribution in [0.1, 0.15) is 16.1 Å². The second kappa shape index (κ2) is 9.70. The number of H-pyrrole nitrogens is 1. The van der Waals surface area contributed by atoms with Crippen LogP contribution in [0.2, 0.25) is 5.02 Å². The monoisotopic (exact) mass is 549 g/mol. The Labute approximate surface area is 209 Å². The number of nitrogens with one attached hydrogen (secondary N) is 2. The molecule has 15 heteroatoms. The number of hydrogen-bond acceptors (Lipinski definition) is 8. The number of aryl methyl sites for hydroxylation is 1. The predicted molar refractivity (Wildman–Crippen MR) is 130 cm³/mol. The van der Waals surface area contributed by atoms with E-state index in [2.05, 4.69) is 19.8 Å². The molecule has 1 atom stereocenters. The largest absolute Gasteiger partial charge is 0.421 e. The van der Waals surface area contributed by atoms with Crippen molar-refractivity contribution in [1.29, 1.82) is 0 Å². The fourth-order valence-electron chi connectivity index (χ4n) is 3.13. The number of hydrogen-bond donors (Lipinski definition) is 3. The van der Waals surface area contributed by atoms with Crippen LogP contribution < -0.4 is 20.1 Å². The van der Waals surface area contributed by atoms with E-state index in [0.29, 0.717) is 9.70 Å². The molecule has 2 heterocycles. The number of aromatic nitrogens is 4. The fourth-order valence-corrected chi connectivity index (χ4v) is 5.53. The SMILES string of the molecule is Cc1[nH]n(C(=O)c2ccc(Cl)cc2)c(=O)c1P(=O)(O)Oc1ccc(S(=O)(=O)Nc2ncccn2)cc1. The van der Waals surface area contributed by atoms with Gasteiger partial charge in [-0.1, -0.05) is 11.6 Å². The Bertz CT molecular complexity index is 1640. The lowest BCUT2D eigenvalue weighted by atomic mass is 10.2. The highest BCUT2D eigenvalue weighted by Crippen LogP contribution is 2.41. The summed E-state index contributed by atoms with van der Waals surface area (Å²) in [5, 5.41) is 2.23. The summed E-state index contributed by atoms with van der Waals surface area (Å²) in [5.74, 6) is -1.09. The molecule has 4 aromatic rings. The van der Waals surface area contributed by atoms with Gasteiger partial charge in [0, 0.05) is 23.0 Å². The molecule has 12 nitrogen and oxygen atoms in total. The van der Waals surface area contributed by atoms with Crippen molar-refractivity contribution in [1.82, 2.24) is 19.7 Å². The lowest BCUT2D eigenvalue weighted by Gasteiger charge is -2.12. The van der Waals surface area contributed by atoms with Gasteiger partial charge in [0.2, 0.25) is 5.95 Å². The van der Waals surface area contributed by atoms with Gasteiger partial charge >= 0.3 is 7.60 Å². The number of carbonyl (C=O) groups excluding carboxylic acids is 1. The molecule has 0 aliphatic carbocycles. The molecule has 0 saturated heterocycles. The second-order valence-electron chi connectivity index (χ2n) is 7.30. The van der Waals surface area contributed by atoms with Crippen LogP contribution in [0.5, 0.6) is 5.75 Å². The molecule has 1 unspecified atom stereocenters. The molecule has 0 saturated carbocycles. The highest BCUT2D eigenvalue weighted by molar-refractivity contribution is 7.92. The first-order chi connectivity index (χ1) is 17.0. The third-order valence-corrected chi connectivity index (χ3v) is 7.92. The third kappa shape index (κ3) is 5.24. The zero-order valence-corrected chi connectivity index (χ0v) is 20.8. The Morgan fingerprint density at radius 2 is 1.72 bits per heavy atom. The second-order valence-corrected chi connectivity index (χ2v) is 11.1. The summed E-state index contributed by atoms with van der Waals surface area (Å²) in [6.07, 6.45) is 2.72. The van der Waals surface area contributed by atoms with E-state index in [1.807, 2.05) is 0 Å².